The van der Waals surface area contributed by atoms with Crippen molar-refractivity contribution in [3.8, 4) is 11.5 Å². The minimum atomic E-state index is -0.425. The summed E-state index contributed by atoms with van der Waals surface area (Å²) in [5, 5.41) is 5.61. The number of urea groups is 1. The van der Waals surface area contributed by atoms with Crippen molar-refractivity contribution in [2.45, 2.75) is 38.8 Å². The second-order valence-electron chi connectivity index (χ2n) is 10.5. The second-order valence-corrected chi connectivity index (χ2v) is 10.5. The van der Waals surface area contributed by atoms with E-state index in [1.54, 1.807) is 68.6 Å². The quantitative estimate of drug-likeness (QED) is 0.576. The molecule has 4 rings (SSSR count). The van der Waals surface area contributed by atoms with Gasteiger partial charge in [-0.3, -0.25) is 9.69 Å². The molecule has 0 saturated heterocycles. The van der Waals surface area contributed by atoms with Crippen LogP contribution in [-0.2, 0) is 4.74 Å². The summed E-state index contributed by atoms with van der Waals surface area (Å²) in [7, 11) is 5.05. The van der Waals surface area contributed by atoms with Crippen molar-refractivity contribution in [2.24, 2.45) is 11.8 Å². The molecule has 2 aromatic carbocycles. The van der Waals surface area contributed by atoms with E-state index >= 15 is 0 Å². The number of carbonyl (C=O) groups is 2. The van der Waals surface area contributed by atoms with Crippen molar-refractivity contribution >= 4 is 23.3 Å². The zero-order valence-electron chi connectivity index (χ0n) is 23.0. The SMILES string of the molecule is COc1cccc(NC(=O)Nc2ccc3c(c2)C(=O)N(C)C[C@@H](OC)[C@@H](C)CN(CC2CC2)[C@@H](C)CO3)c1. The van der Waals surface area contributed by atoms with Gasteiger partial charge in [-0.1, -0.05) is 13.0 Å². The molecule has 1 saturated carbocycles. The molecule has 3 amide bonds. The Morgan fingerprint density at radius 1 is 1.05 bits per heavy atom. The second kappa shape index (κ2) is 12.5. The minimum Gasteiger partial charge on any atom is -0.497 e. The van der Waals surface area contributed by atoms with Gasteiger partial charge in [-0.2, -0.15) is 0 Å². The smallest absolute Gasteiger partial charge is 0.323 e. The van der Waals surface area contributed by atoms with Crippen molar-refractivity contribution in [3.63, 3.8) is 0 Å². The Morgan fingerprint density at radius 2 is 1.79 bits per heavy atom. The summed E-state index contributed by atoms with van der Waals surface area (Å²) in [5.74, 6) is 1.95. The third-order valence-corrected chi connectivity index (χ3v) is 7.35. The molecule has 38 heavy (non-hydrogen) atoms. The highest BCUT2D eigenvalue weighted by Gasteiger charge is 2.31. The molecule has 2 aliphatic rings. The maximum atomic E-state index is 13.6. The van der Waals surface area contributed by atoms with Crippen LogP contribution in [0.15, 0.2) is 42.5 Å². The lowest BCUT2D eigenvalue weighted by Gasteiger charge is -2.36. The molecule has 1 heterocycles. The maximum absolute atomic E-state index is 13.6. The maximum Gasteiger partial charge on any atom is 0.323 e. The topological polar surface area (TPSA) is 92.4 Å². The number of nitrogens with one attached hydrogen (secondary N) is 2. The van der Waals surface area contributed by atoms with Crippen molar-refractivity contribution < 1.29 is 23.8 Å². The molecule has 2 N–H and O–H groups in total. The zero-order valence-corrected chi connectivity index (χ0v) is 23.0. The molecule has 1 aliphatic carbocycles. The summed E-state index contributed by atoms with van der Waals surface area (Å²) in [5.41, 5.74) is 1.48. The molecule has 9 nitrogen and oxygen atoms in total. The third-order valence-electron chi connectivity index (χ3n) is 7.35. The van der Waals surface area contributed by atoms with Crippen LogP contribution in [0.4, 0.5) is 16.2 Å². The van der Waals surface area contributed by atoms with Gasteiger partial charge >= 0.3 is 6.03 Å². The molecule has 9 heteroatoms. The van der Waals surface area contributed by atoms with Crippen LogP contribution < -0.4 is 20.1 Å². The fourth-order valence-electron chi connectivity index (χ4n) is 4.81. The van der Waals surface area contributed by atoms with Crippen LogP contribution in [0.3, 0.4) is 0 Å². The van der Waals surface area contributed by atoms with E-state index in [1.165, 1.54) is 12.8 Å². The number of hydrogen-bond acceptors (Lipinski definition) is 6. The number of amides is 3. The lowest BCUT2D eigenvalue weighted by molar-refractivity contribution is 0.00994. The minimum absolute atomic E-state index is 0.100. The summed E-state index contributed by atoms with van der Waals surface area (Å²) in [6.07, 6.45) is 2.47. The first-order chi connectivity index (χ1) is 18.3. The average Bonchev–Trinajstić information content (AvgIpc) is 3.73. The van der Waals surface area contributed by atoms with Gasteiger partial charge in [-0.15, -0.1) is 0 Å². The normalized spacial score (nSPS) is 22.9. The number of methoxy groups -OCH3 is 2. The zero-order chi connectivity index (χ0) is 27.2. The van der Waals surface area contributed by atoms with Crippen molar-refractivity contribution in [3.05, 3.63) is 48.0 Å². The van der Waals surface area contributed by atoms with Crippen molar-refractivity contribution in [1.29, 1.82) is 0 Å². The van der Waals surface area contributed by atoms with Gasteiger partial charge in [0.15, 0.2) is 0 Å². The van der Waals surface area contributed by atoms with Crippen LogP contribution in [0.1, 0.15) is 37.0 Å². The van der Waals surface area contributed by atoms with Crippen LogP contribution >= 0.6 is 0 Å². The molecule has 2 aromatic rings. The van der Waals surface area contributed by atoms with E-state index < -0.39 is 6.03 Å². The standard InChI is InChI=1S/C29H40N4O5/c1-19-15-33(16-21-9-10-21)20(2)18-38-26-12-11-23(14-25(26)28(34)32(3)17-27(19)37-5)31-29(35)30-22-7-6-8-24(13-22)36-4/h6-8,11-14,19-21,27H,9-10,15-18H2,1-5H3,(H2,30,31,35)/t19-,20-,27+/m0/s1. The first-order valence-electron chi connectivity index (χ1n) is 13.3. The van der Waals surface area contributed by atoms with Crippen LogP contribution in [0, 0.1) is 11.8 Å². The Hall–Kier alpha value is -3.30. The van der Waals surface area contributed by atoms with Crippen LogP contribution in [0.2, 0.25) is 0 Å². The van der Waals surface area contributed by atoms with Crippen LogP contribution in [0.25, 0.3) is 0 Å². The number of nitrogens with zero attached hydrogens (tertiary/aromatic N) is 2. The summed E-state index contributed by atoms with van der Waals surface area (Å²) in [6.45, 7) is 7.22. The molecule has 0 unspecified atom stereocenters. The molecule has 0 radical (unpaired) electrons. The predicted molar refractivity (Wildman–Crippen MR) is 148 cm³/mol. The molecule has 0 spiro atoms. The predicted octanol–water partition coefficient (Wildman–Crippen LogP) is 4.56. The monoisotopic (exact) mass is 524 g/mol. The largest absolute Gasteiger partial charge is 0.497 e. The first-order valence-corrected chi connectivity index (χ1v) is 13.3. The third kappa shape index (κ3) is 7.17. The van der Waals surface area contributed by atoms with Crippen LogP contribution in [0.5, 0.6) is 11.5 Å². The van der Waals surface area contributed by atoms with Gasteiger partial charge in [0.1, 0.15) is 18.1 Å². The van der Waals surface area contributed by atoms with Gasteiger partial charge in [-0.05, 0) is 61.9 Å². The van der Waals surface area contributed by atoms with Gasteiger partial charge in [0, 0.05) is 57.3 Å². The molecular weight excluding hydrogens is 484 g/mol. The Balaban J connectivity index is 1.55. The summed E-state index contributed by atoms with van der Waals surface area (Å²) in [6, 6.07) is 12.0. The highest BCUT2D eigenvalue weighted by molar-refractivity contribution is 6.02. The van der Waals surface area contributed by atoms with E-state index in [-0.39, 0.29) is 24.0 Å². The molecule has 206 valence electrons. The average molecular weight is 525 g/mol. The number of ether oxygens (including phenoxy) is 3. The highest BCUT2D eigenvalue weighted by atomic mass is 16.5. The Kier molecular flexibility index (Phi) is 9.12. The van der Waals surface area contributed by atoms with Gasteiger partial charge < -0.3 is 29.7 Å². The Bertz CT molecular complexity index is 1120. The van der Waals surface area contributed by atoms with E-state index in [9.17, 15) is 9.59 Å². The number of hydrogen-bond donors (Lipinski definition) is 2. The van der Waals surface area contributed by atoms with E-state index in [4.69, 9.17) is 14.2 Å². The number of rotatable bonds is 6. The number of anilines is 2. The van der Waals surface area contributed by atoms with Crippen molar-refractivity contribution in [1.82, 2.24) is 9.80 Å². The number of likely N-dealkylation sites (N-methyl/N-ethyl adjacent to an activating group) is 1. The van der Waals surface area contributed by atoms with E-state index in [0.717, 1.165) is 19.0 Å². The summed E-state index contributed by atoms with van der Waals surface area (Å²) < 4.78 is 17.3. The highest BCUT2D eigenvalue weighted by Crippen LogP contribution is 2.32. The fraction of sp³-hybridized carbons (Fsp3) is 0.517. The summed E-state index contributed by atoms with van der Waals surface area (Å²) in [4.78, 5) is 30.4. The molecule has 0 aromatic heterocycles. The van der Waals surface area contributed by atoms with Gasteiger partial charge in [0.25, 0.3) is 5.91 Å². The first kappa shape index (κ1) is 27.7. The molecular formula is C29H40N4O5. The molecule has 3 atom stereocenters. The van der Waals surface area contributed by atoms with Crippen molar-refractivity contribution in [2.75, 3.05) is 58.1 Å². The van der Waals surface area contributed by atoms with E-state index in [1.807, 2.05) is 0 Å². The molecule has 1 fully saturated rings. The number of carbonyl (C=O) groups excluding carboxylic acids is 2. The lowest BCUT2D eigenvalue weighted by atomic mass is 10.0. The molecule has 1 aliphatic heterocycles. The lowest BCUT2D eigenvalue weighted by Crippen LogP contribution is -2.47. The van der Waals surface area contributed by atoms with Gasteiger partial charge in [-0.25, -0.2) is 4.79 Å². The van der Waals surface area contributed by atoms with Gasteiger partial charge in [0.2, 0.25) is 0 Å². The Labute approximate surface area is 225 Å². The molecule has 0 bridgehead atoms. The number of fused-ring (bicyclic) bond motifs is 1. The number of benzene rings is 2. The van der Waals surface area contributed by atoms with E-state index in [2.05, 4.69) is 29.4 Å². The fourth-order valence-corrected chi connectivity index (χ4v) is 4.81. The Morgan fingerprint density at radius 3 is 2.47 bits per heavy atom. The van der Waals surface area contributed by atoms with Gasteiger partial charge in [0.05, 0.1) is 18.8 Å². The van der Waals surface area contributed by atoms with Crippen LogP contribution in [-0.4, -0.2) is 81.4 Å². The van der Waals surface area contributed by atoms with E-state index in [0.29, 0.717) is 41.6 Å². The summed E-state index contributed by atoms with van der Waals surface area (Å²) >= 11 is 0.